The fourth-order valence-corrected chi connectivity index (χ4v) is 2.74. The number of hydrogen-bond acceptors (Lipinski definition) is 6. The van der Waals surface area contributed by atoms with Crippen LogP contribution in [0.25, 0.3) is 0 Å². The number of halogens is 1. The Balaban J connectivity index is 2.05. The first-order valence-electron chi connectivity index (χ1n) is 7.73. The van der Waals surface area contributed by atoms with E-state index in [0.717, 1.165) is 15.9 Å². The molecule has 1 N–H and O–H groups in total. The molecular formula is C16H20BrN3O4S. The van der Waals surface area contributed by atoms with Gasteiger partial charge in [-0.2, -0.15) is 17.7 Å². The average molecular weight is 430 g/mol. The van der Waals surface area contributed by atoms with Gasteiger partial charge in [0.1, 0.15) is 11.8 Å². The highest BCUT2D eigenvalue weighted by atomic mass is 79.9. The summed E-state index contributed by atoms with van der Waals surface area (Å²) in [6.07, 6.45) is 0. The number of hydrogen-bond donors (Lipinski definition) is 2. The Labute approximate surface area is 159 Å². The van der Waals surface area contributed by atoms with Gasteiger partial charge in [-0.1, -0.05) is 0 Å². The van der Waals surface area contributed by atoms with Crippen LogP contribution in [0.3, 0.4) is 0 Å². The number of amides is 1. The fraction of sp³-hybridized carbons (Fsp3) is 0.438. The van der Waals surface area contributed by atoms with E-state index in [4.69, 9.17) is 9.15 Å². The Bertz CT molecular complexity index is 772. The Morgan fingerprint density at radius 3 is 2.72 bits per heavy atom. The van der Waals surface area contributed by atoms with E-state index in [1.807, 2.05) is 13.8 Å². The number of aryl methyl sites for hydroxylation is 1. The van der Waals surface area contributed by atoms with E-state index >= 15 is 0 Å². The van der Waals surface area contributed by atoms with Crippen molar-refractivity contribution in [1.82, 2.24) is 15.1 Å². The molecule has 7 nitrogen and oxygen atoms in total. The van der Waals surface area contributed by atoms with Crippen molar-refractivity contribution in [2.45, 2.75) is 33.4 Å². The summed E-state index contributed by atoms with van der Waals surface area (Å²) in [5.41, 5.74) is 1.85. The smallest absolute Gasteiger partial charge is 0.329 e. The summed E-state index contributed by atoms with van der Waals surface area (Å²) < 4.78 is 13.2. The SMILES string of the molecule is CCOC(=O)[C@H](CS)NC(=O)c1ccc(Cn2nc(C)c(Br)c2C)o1. The van der Waals surface area contributed by atoms with Gasteiger partial charge in [0.05, 0.1) is 29.0 Å². The van der Waals surface area contributed by atoms with Gasteiger partial charge in [-0.15, -0.1) is 0 Å². The maximum Gasteiger partial charge on any atom is 0.329 e. The molecule has 0 radical (unpaired) electrons. The molecule has 0 aliphatic heterocycles. The van der Waals surface area contributed by atoms with E-state index in [1.54, 1.807) is 23.7 Å². The van der Waals surface area contributed by atoms with Gasteiger partial charge in [0, 0.05) is 5.75 Å². The lowest BCUT2D eigenvalue weighted by molar-refractivity contribution is -0.144. The third kappa shape index (κ3) is 4.66. The summed E-state index contributed by atoms with van der Waals surface area (Å²) >= 11 is 7.54. The molecule has 0 spiro atoms. The van der Waals surface area contributed by atoms with Crippen LogP contribution in [0.4, 0.5) is 0 Å². The zero-order valence-corrected chi connectivity index (χ0v) is 16.7. The average Bonchev–Trinajstić information content (AvgIpc) is 3.14. The van der Waals surface area contributed by atoms with Crippen molar-refractivity contribution in [3.8, 4) is 0 Å². The lowest BCUT2D eigenvalue weighted by Gasteiger charge is -2.13. The molecule has 0 saturated heterocycles. The predicted octanol–water partition coefficient (Wildman–Crippen LogP) is 2.50. The van der Waals surface area contributed by atoms with Crippen molar-refractivity contribution >= 4 is 40.4 Å². The largest absolute Gasteiger partial charge is 0.464 e. The van der Waals surface area contributed by atoms with Gasteiger partial charge in [0.15, 0.2) is 5.76 Å². The minimum atomic E-state index is -0.823. The second kappa shape index (κ2) is 8.57. The zero-order chi connectivity index (χ0) is 18.6. The molecule has 2 aromatic heterocycles. The van der Waals surface area contributed by atoms with Crippen LogP contribution in [-0.4, -0.2) is 40.1 Å². The van der Waals surface area contributed by atoms with E-state index in [2.05, 4.69) is 39.0 Å². The van der Waals surface area contributed by atoms with Crippen molar-refractivity contribution in [2.24, 2.45) is 0 Å². The Kier molecular flexibility index (Phi) is 6.71. The molecule has 136 valence electrons. The lowest BCUT2D eigenvalue weighted by Crippen LogP contribution is -2.43. The number of carbonyl (C=O) groups is 2. The van der Waals surface area contributed by atoms with Crippen LogP contribution in [0.1, 0.15) is 34.6 Å². The summed E-state index contributed by atoms with van der Waals surface area (Å²) in [6, 6.07) is 2.45. The van der Waals surface area contributed by atoms with E-state index in [0.29, 0.717) is 12.3 Å². The summed E-state index contributed by atoms with van der Waals surface area (Å²) in [5, 5.41) is 6.96. The zero-order valence-electron chi connectivity index (χ0n) is 14.2. The molecule has 0 aliphatic carbocycles. The first-order valence-corrected chi connectivity index (χ1v) is 9.16. The fourth-order valence-electron chi connectivity index (χ4n) is 2.21. The molecule has 2 aromatic rings. The van der Waals surface area contributed by atoms with Gasteiger partial charge in [0.25, 0.3) is 5.91 Å². The second-order valence-corrected chi connectivity index (χ2v) is 6.53. The Hall–Kier alpha value is -1.74. The number of carbonyl (C=O) groups excluding carboxylic acids is 2. The molecule has 1 atom stereocenters. The first kappa shape index (κ1) is 19.6. The third-order valence-corrected chi connectivity index (χ3v) is 5.06. The molecule has 1 amide bonds. The number of rotatable bonds is 7. The number of ether oxygens (including phenoxy) is 1. The Morgan fingerprint density at radius 2 is 2.16 bits per heavy atom. The van der Waals surface area contributed by atoms with Crippen molar-refractivity contribution in [3.63, 3.8) is 0 Å². The van der Waals surface area contributed by atoms with Crippen LogP contribution < -0.4 is 5.32 Å². The topological polar surface area (TPSA) is 86.4 Å². The highest BCUT2D eigenvalue weighted by Gasteiger charge is 2.23. The highest BCUT2D eigenvalue weighted by Crippen LogP contribution is 2.21. The highest BCUT2D eigenvalue weighted by molar-refractivity contribution is 9.10. The van der Waals surface area contributed by atoms with Crippen LogP contribution in [0, 0.1) is 13.8 Å². The number of furan rings is 1. The number of thiol groups is 1. The van der Waals surface area contributed by atoms with Crippen LogP contribution in [0.15, 0.2) is 21.0 Å². The summed E-state index contributed by atoms with van der Waals surface area (Å²) in [6.45, 7) is 6.19. The van der Waals surface area contributed by atoms with Crippen molar-refractivity contribution in [2.75, 3.05) is 12.4 Å². The van der Waals surface area contributed by atoms with Crippen molar-refractivity contribution in [1.29, 1.82) is 0 Å². The summed E-state index contributed by atoms with van der Waals surface area (Å²) in [4.78, 5) is 24.0. The first-order chi connectivity index (χ1) is 11.9. The molecule has 0 bridgehead atoms. The standard InChI is InChI=1S/C16H20BrN3O4S/c1-4-23-16(22)12(8-25)18-15(21)13-6-5-11(24-13)7-20-10(3)14(17)9(2)19-20/h5-6,12,25H,4,7-8H2,1-3H3,(H,18,21)/t12-/m0/s1. The summed E-state index contributed by atoms with van der Waals surface area (Å²) in [7, 11) is 0. The molecule has 0 fully saturated rings. The minimum absolute atomic E-state index is 0.117. The maximum atomic E-state index is 12.2. The van der Waals surface area contributed by atoms with E-state index in [-0.39, 0.29) is 18.1 Å². The van der Waals surface area contributed by atoms with E-state index < -0.39 is 17.9 Å². The molecule has 0 unspecified atom stereocenters. The van der Waals surface area contributed by atoms with Gasteiger partial charge in [-0.3, -0.25) is 9.48 Å². The molecule has 9 heteroatoms. The van der Waals surface area contributed by atoms with Crippen LogP contribution in [0.2, 0.25) is 0 Å². The molecule has 2 rings (SSSR count). The number of nitrogens with zero attached hydrogens (tertiary/aromatic N) is 2. The van der Waals surface area contributed by atoms with Gasteiger partial charge < -0.3 is 14.5 Å². The van der Waals surface area contributed by atoms with E-state index in [9.17, 15) is 9.59 Å². The molecule has 0 saturated carbocycles. The molecule has 0 aliphatic rings. The van der Waals surface area contributed by atoms with E-state index in [1.165, 1.54) is 0 Å². The van der Waals surface area contributed by atoms with Gasteiger partial charge in [-0.05, 0) is 48.8 Å². The lowest BCUT2D eigenvalue weighted by atomic mass is 10.3. The van der Waals surface area contributed by atoms with Crippen molar-refractivity contribution in [3.05, 3.63) is 39.5 Å². The summed E-state index contributed by atoms with van der Waals surface area (Å²) in [5.74, 6) is -0.177. The second-order valence-electron chi connectivity index (χ2n) is 5.37. The minimum Gasteiger partial charge on any atom is -0.464 e. The monoisotopic (exact) mass is 429 g/mol. The van der Waals surface area contributed by atoms with Crippen LogP contribution in [-0.2, 0) is 16.1 Å². The van der Waals surface area contributed by atoms with Gasteiger partial charge >= 0.3 is 5.97 Å². The van der Waals surface area contributed by atoms with Gasteiger partial charge in [0.2, 0.25) is 0 Å². The number of aromatic nitrogens is 2. The molecule has 25 heavy (non-hydrogen) atoms. The number of esters is 1. The number of nitrogens with one attached hydrogen (secondary N) is 1. The maximum absolute atomic E-state index is 12.2. The van der Waals surface area contributed by atoms with Crippen LogP contribution in [0.5, 0.6) is 0 Å². The van der Waals surface area contributed by atoms with Crippen molar-refractivity contribution < 1.29 is 18.7 Å². The molecular weight excluding hydrogens is 410 g/mol. The molecule has 0 aromatic carbocycles. The molecule has 2 heterocycles. The normalized spacial score (nSPS) is 12.0. The van der Waals surface area contributed by atoms with Gasteiger partial charge in [-0.25, -0.2) is 4.79 Å². The third-order valence-electron chi connectivity index (χ3n) is 3.54. The predicted molar refractivity (Wildman–Crippen MR) is 99.0 cm³/mol. The van der Waals surface area contributed by atoms with Crippen LogP contribution >= 0.6 is 28.6 Å². The Morgan fingerprint density at radius 1 is 1.44 bits per heavy atom. The quantitative estimate of drug-likeness (QED) is 0.521.